The van der Waals surface area contributed by atoms with E-state index < -0.39 is 23.6 Å². The minimum Gasteiger partial charge on any atom is -0.468 e. The number of nitrogens with zero attached hydrogens (tertiary/aromatic N) is 2. The molecule has 3 aromatic rings. The number of benzene rings is 2. The average molecular weight is 437 g/mol. The van der Waals surface area contributed by atoms with Gasteiger partial charge >= 0.3 is 5.97 Å². The Bertz CT molecular complexity index is 1280. The molecule has 0 unspecified atom stereocenters. The summed E-state index contributed by atoms with van der Waals surface area (Å²) in [6, 6.07) is 12.9. The molecular formula is C22H16FN3O4S. The number of esters is 1. The SMILES string of the molecule is COC(=O)Cn1cc(/C=C2\C(=O)NC(=S)N(c3ccccc3F)C2=O)c2ccccc21. The summed E-state index contributed by atoms with van der Waals surface area (Å²) in [4.78, 5) is 38.4. The molecule has 31 heavy (non-hydrogen) atoms. The number of rotatable bonds is 4. The molecule has 4 rings (SSSR count). The molecule has 0 atom stereocenters. The molecule has 2 aromatic carbocycles. The summed E-state index contributed by atoms with van der Waals surface area (Å²) >= 11 is 5.11. The quantitative estimate of drug-likeness (QED) is 0.294. The zero-order valence-corrected chi connectivity index (χ0v) is 17.1. The van der Waals surface area contributed by atoms with Gasteiger partial charge in [0.25, 0.3) is 11.8 Å². The molecule has 156 valence electrons. The van der Waals surface area contributed by atoms with E-state index in [2.05, 4.69) is 5.32 Å². The second-order valence-corrected chi connectivity index (χ2v) is 7.10. The van der Waals surface area contributed by atoms with Crippen LogP contribution in [0.2, 0.25) is 0 Å². The van der Waals surface area contributed by atoms with E-state index in [1.54, 1.807) is 29.0 Å². The molecule has 0 bridgehead atoms. The van der Waals surface area contributed by atoms with Crippen molar-refractivity contribution in [1.29, 1.82) is 0 Å². The lowest BCUT2D eigenvalue weighted by molar-refractivity contribution is -0.141. The molecule has 1 aliphatic heterocycles. The predicted molar refractivity (Wildman–Crippen MR) is 117 cm³/mol. The van der Waals surface area contributed by atoms with Gasteiger partial charge in [-0.3, -0.25) is 19.7 Å². The fourth-order valence-corrected chi connectivity index (χ4v) is 3.66. The Labute approximate surface area is 181 Å². The van der Waals surface area contributed by atoms with Gasteiger partial charge in [0.2, 0.25) is 0 Å². The van der Waals surface area contributed by atoms with Crippen LogP contribution >= 0.6 is 12.2 Å². The summed E-state index contributed by atoms with van der Waals surface area (Å²) in [5, 5.41) is 2.96. The molecule has 0 radical (unpaired) electrons. The number of aromatic nitrogens is 1. The summed E-state index contributed by atoms with van der Waals surface area (Å²) in [5.41, 5.74) is 0.999. The highest BCUT2D eigenvalue weighted by atomic mass is 32.1. The summed E-state index contributed by atoms with van der Waals surface area (Å²) in [6.45, 7) is -0.0359. The van der Waals surface area contributed by atoms with Crippen LogP contribution in [0.25, 0.3) is 17.0 Å². The number of fused-ring (bicyclic) bond motifs is 1. The highest BCUT2D eigenvalue weighted by Crippen LogP contribution is 2.27. The van der Waals surface area contributed by atoms with E-state index in [0.29, 0.717) is 5.56 Å². The van der Waals surface area contributed by atoms with E-state index in [-0.39, 0.29) is 22.9 Å². The number of halogens is 1. The van der Waals surface area contributed by atoms with E-state index in [1.807, 2.05) is 12.1 Å². The Hall–Kier alpha value is -3.85. The molecule has 1 fully saturated rings. The molecule has 1 aliphatic rings. The van der Waals surface area contributed by atoms with Crippen molar-refractivity contribution in [3.05, 3.63) is 71.7 Å². The van der Waals surface area contributed by atoms with Crippen LogP contribution in [0.5, 0.6) is 0 Å². The second-order valence-electron chi connectivity index (χ2n) is 6.71. The van der Waals surface area contributed by atoms with Gasteiger partial charge in [0.05, 0.1) is 12.8 Å². The number of para-hydroxylation sites is 2. The summed E-state index contributed by atoms with van der Waals surface area (Å²) < 4.78 is 20.7. The zero-order chi connectivity index (χ0) is 22.1. The number of hydrogen-bond donors (Lipinski definition) is 1. The van der Waals surface area contributed by atoms with Crippen molar-refractivity contribution in [1.82, 2.24) is 9.88 Å². The van der Waals surface area contributed by atoms with E-state index in [1.165, 1.54) is 31.4 Å². The number of amides is 2. The molecule has 0 aliphatic carbocycles. The number of carbonyl (C=O) groups excluding carboxylic acids is 3. The van der Waals surface area contributed by atoms with Gasteiger partial charge in [-0.1, -0.05) is 30.3 Å². The first-order valence-electron chi connectivity index (χ1n) is 9.21. The maximum atomic E-state index is 14.3. The fourth-order valence-electron chi connectivity index (χ4n) is 3.39. The highest BCUT2D eigenvalue weighted by molar-refractivity contribution is 7.80. The summed E-state index contributed by atoms with van der Waals surface area (Å²) in [5.74, 6) is -2.53. The van der Waals surface area contributed by atoms with Gasteiger partial charge in [-0.05, 0) is 36.5 Å². The van der Waals surface area contributed by atoms with E-state index >= 15 is 0 Å². The third-order valence-electron chi connectivity index (χ3n) is 4.84. The first-order chi connectivity index (χ1) is 14.9. The topological polar surface area (TPSA) is 80.6 Å². The van der Waals surface area contributed by atoms with Crippen molar-refractivity contribution in [2.24, 2.45) is 0 Å². The van der Waals surface area contributed by atoms with Crippen molar-refractivity contribution < 1.29 is 23.5 Å². The molecule has 1 N–H and O–H groups in total. The lowest BCUT2D eigenvalue weighted by atomic mass is 10.1. The molecule has 7 nitrogen and oxygen atoms in total. The van der Waals surface area contributed by atoms with Gasteiger partial charge in [-0.2, -0.15) is 0 Å². The molecule has 2 amide bonds. The normalized spacial score (nSPS) is 15.5. The molecule has 2 heterocycles. The van der Waals surface area contributed by atoms with Crippen LogP contribution in [-0.2, 0) is 25.7 Å². The van der Waals surface area contributed by atoms with Crippen LogP contribution in [0.3, 0.4) is 0 Å². The largest absolute Gasteiger partial charge is 0.468 e. The summed E-state index contributed by atoms with van der Waals surface area (Å²) in [6.07, 6.45) is 3.05. The van der Waals surface area contributed by atoms with Gasteiger partial charge in [-0.25, -0.2) is 9.29 Å². The average Bonchev–Trinajstić information content (AvgIpc) is 3.09. The molecular weight excluding hydrogens is 421 g/mol. The van der Waals surface area contributed by atoms with Crippen LogP contribution in [0.15, 0.2) is 60.3 Å². The number of anilines is 1. The molecule has 1 aromatic heterocycles. The van der Waals surface area contributed by atoms with Crippen molar-refractivity contribution in [3.63, 3.8) is 0 Å². The molecule has 0 spiro atoms. The zero-order valence-electron chi connectivity index (χ0n) is 16.3. The Morgan fingerprint density at radius 3 is 2.61 bits per heavy atom. The van der Waals surface area contributed by atoms with E-state index in [9.17, 15) is 18.8 Å². The van der Waals surface area contributed by atoms with E-state index in [4.69, 9.17) is 17.0 Å². The maximum Gasteiger partial charge on any atom is 0.325 e. The summed E-state index contributed by atoms with van der Waals surface area (Å²) in [7, 11) is 1.29. The third kappa shape index (κ3) is 3.71. The number of hydrogen-bond acceptors (Lipinski definition) is 5. The highest BCUT2D eigenvalue weighted by Gasteiger charge is 2.35. The van der Waals surface area contributed by atoms with Crippen LogP contribution in [0.4, 0.5) is 10.1 Å². The van der Waals surface area contributed by atoms with Gasteiger partial charge in [0.1, 0.15) is 17.9 Å². The minimum absolute atomic E-state index is 0.0359. The first-order valence-corrected chi connectivity index (χ1v) is 9.62. The standard InChI is InChI=1S/C22H16FN3O4S/c1-30-19(27)12-25-11-13(14-6-2-4-8-17(14)25)10-15-20(28)24-22(31)26(21(15)29)18-9-5-3-7-16(18)23/h2-11H,12H2,1H3,(H,24,28,31)/b15-10+. The number of nitrogens with one attached hydrogen (secondary N) is 1. The number of carbonyl (C=O) groups is 3. The van der Waals surface area contributed by atoms with Crippen LogP contribution in [0, 0.1) is 5.82 Å². The van der Waals surface area contributed by atoms with Gasteiger partial charge in [-0.15, -0.1) is 0 Å². The monoisotopic (exact) mass is 437 g/mol. The molecule has 1 saturated heterocycles. The van der Waals surface area contributed by atoms with Crippen molar-refractivity contribution in [3.8, 4) is 0 Å². The smallest absolute Gasteiger partial charge is 0.325 e. The third-order valence-corrected chi connectivity index (χ3v) is 5.13. The van der Waals surface area contributed by atoms with Gasteiger partial charge in [0, 0.05) is 22.7 Å². The fraction of sp³-hybridized carbons (Fsp3) is 0.0909. The van der Waals surface area contributed by atoms with Crippen molar-refractivity contribution >= 4 is 57.8 Å². The predicted octanol–water partition coefficient (Wildman–Crippen LogP) is 2.78. The maximum absolute atomic E-state index is 14.3. The number of thiocarbonyl (C=S) groups is 1. The first kappa shape index (κ1) is 20.4. The van der Waals surface area contributed by atoms with Crippen LogP contribution in [-0.4, -0.2) is 34.6 Å². The lowest BCUT2D eigenvalue weighted by Gasteiger charge is -2.29. The molecule has 0 saturated carbocycles. The van der Waals surface area contributed by atoms with Gasteiger partial charge < -0.3 is 9.30 Å². The van der Waals surface area contributed by atoms with E-state index in [0.717, 1.165) is 15.8 Å². The Morgan fingerprint density at radius 2 is 1.87 bits per heavy atom. The Kier molecular flexibility index (Phi) is 5.35. The van der Waals surface area contributed by atoms with Crippen LogP contribution < -0.4 is 10.2 Å². The Balaban J connectivity index is 1.81. The molecule has 9 heteroatoms. The lowest BCUT2D eigenvalue weighted by Crippen LogP contribution is -2.54. The van der Waals surface area contributed by atoms with Crippen molar-refractivity contribution in [2.75, 3.05) is 12.0 Å². The second kappa shape index (κ2) is 8.11. The van der Waals surface area contributed by atoms with Gasteiger partial charge in [0.15, 0.2) is 5.11 Å². The minimum atomic E-state index is -0.747. The number of ether oxygens (including phenoxy) is 1. The number of methoxy groups -OCH3 is 1. The van der Waals surface area contributed by atoms with Crippen LogP contribution in [0.1, 0.15) is 5.56 Å². The van der Waals surface area contributed by atoms with Crippen molar-refractivity contribution in [2.45, 2.75) is 6.54 Å². The Morgan fingerprint density at radius 1 is 1.16 bits per heavy atom.